The average Bonchev–Trinajstić information content (AvgIpc) is 2.73. The molecule has 0 spiro atoms. The highest BCUT2D eigenvalue weighted by atomic mass is 16.5. The Morgan fingerprint density at radius 2 is 1.89 bits per heavy atom. The zero-order chi connectivity index (χ0) is 20.1. The number of hydrogen-bond donors (Lipinski definition) is 1. The molecule has 1 aliphatic heterocycles. The van der Waals surface area contributed by atoms with E-state index in [9.17, 15) is 4.79 Å². The van der Waals surface area contributed by atoms with E-state index in [4.69, 9.17) is 9.47 Å². The number of amides is 1. The molecule has 8 nitrogen and oxygen atoms in total. The van der Waals surface area contributed by atoms with Gasteiger partial charge in [-0.05, 0) is 25.0 Å². The van der Waals surface area contributed by atoms with Crippen molar-refractivity contribution in [2.75, 3.05) is 56.5 Å². The number of carbonyl (C=O) groups excluding carboxylic acids is 1. The van der Waals surface area contributed by atoms with Crippen molar-refractivity contribution in [3.63, 3.8) is 0 Å². The lowest BCUT2D eigenvalue weighted by Crippen LogP contribution is -2.39. The molecule has 1 aromatic carbocycles. The molecule has 1 aliphatic rings. The van der Waals surface area contributed by atoms with E-state index in [2.05, 4.69) is 20.2 Å². The van der Waals surface area contributed by atoms with Gasteiger partial charge in [-0.3, -0.25) is 4.79 Å². The Hall–Kier alpha value is -3.03. The van der Waals surface area contributed by atoms with Crippen LogP contribution < -0.4 is 24.6 Å². The molecular weight excluding hydrogens is 358 g/mol. The number of methoxy groups -OCH3 is 2. The summed E-state index contributed by atoms with van der Waals surface area (Å²) in [4.78, 5) is 25.5. The van der Waals surface area contributed by atoms with Crippen LogP contribution in [0.25, 0.3) is 0 Å². The Balaban J connectivity index is 1.62. The maximum atomic E-state index is 12.7. The molecule has 0 saturated carbocycles. The summed E-state index contributed by atoms with van der Waals surface area (Å²) in [6, 6.07) is 5.38. The van der Waals surface area contributed by atoms with Crippen molar-refractivity contribution in [1.82, 2.24) is 9.97 Å². The quantitative estimate of drug-likeness (QED) is 0.818. The van der Waals surface area contributed by atoms with E-state index >= 15 is 0 Å². The number of hydrogen-bond acceptors (Lipinski definition) is 7. The van der Waals surface area contributed by atoms with E-state index in [-0.39, 0.29) is 11.8 Å². The normalized spacial score (nSPS) is 14.5. The highest BCUT2D eigenvalue weighted by Gasteiger charge is 2.27. The van der Waals surface area contributed by atoms with Gasteiger partial charge in [0.05, 0.1) is 26.1 Å². The number of benzene rings is 1. The van der Waals surface area contributed by atoms with Crippen molar-refractivity contribution in [2.24, 2.45) is 5.92 Å². The molecule has 1 fully saturated rings. The molecule has 28 heavy (non-hydrogen) atoms. The lowest BCUT2D eigenvalue weighted by molar-refractivity contribution is -0.120. The molecule has 2 heterocycles. The van der Waals surface area contributed by atoms with Crippen molar-refractivity contribution >= 4 is 23.1 Å². The molecule has 1 aromatic heterocycles. The van der Waals surface area contributed by atoms with Gasteiger partial charge in [0.1, 0.15) is 6.33 Å². The van der Waals surface area contributed by atoms with Gasteiger partial charge in [0.15, 0.2) is 17.3 Å². The highest BCUT2D eigenvalue weighted by Crippen LogP contribution is 2.31. The second-order valence-electron chi connectivity index (χ2n) is 6.95. The van der Waals surface area contributed by atoms with Gasteiger partial charge in [-0.1, -0.05) is 0 Å². The molecule has 2 aromatic rings. The molecule has 0 atom stereocenters. The molecule has 0 aliphatic carbocycles. The highest BCUT2D eigenvalue weighted by molar-refractivity contribution is 5.93. The Kier molecular flexibility index (Phi) is 6.18. The van der Waals surface area contributed by atoms with E-state index in [0.717, 1.165) is 37.4 Å². The number of nitrogens with zero attached hydrogens (tertiary/aromatic N) is 4. The van der Waals surface area contributed by atoms with Gasteiger partial charge < -0.3 is 24.6 Å². The van der Waals surface area contributed by atoms with Crippen LogP contribution in [0.2, 0.25) is 0 Å². The molecule has 1 amide bonds. The maximum Gasteiger partial charge on any atom is 0.227 e. The van der Waals surface area contributed by atoms with Crippen molar-refractivity contribution < 1.29 is 14.3 Å². The van der Waals surface area contributed by atoms with Gasteiger partial charge in [0.25, 0.3) is 0 Å². The lowest BCUT2D eigenvalue weighted by Gasteiger charge is -2.34. The fourth-order valence-electron chi connectivity index (χ4n) is 3.42. The van der Waals surface area contributed by atoms with E-state index in [0.29, 0.717) is 17.2 Å². The summed E-state index contributed by atoms with van der Waals surface area (Å²) >= 11 is 0. The molecule has 0 radical (unpaired) electrons. The summed E-state index contributed by atoms with van der Waals surface area (Å²) in [5, 5.41) is 3.00. The number of anilines is 3. The molecule has 1 saturated heterocycles. The van der Waals surface area contributed by atoms with Crippen LogP contribution in [0.15, 0.2) is 30.7 Å². The van der Waals surface area contributed by atoms with E-state index in [1.54, 1.807) is 32.7 Å². The van der Waals surface area contributed by atoms with Crippen molar-refractivity contribution in [3.8, 4) is 11.5 Å². The van der Waals surface area contributed by atoms with Gasteiger partial charge in [0, 0.05) is 44.9 Å². The minimum Gasteiger partial charge on any atom is -0.493 e. The molecule has 150 valence electrons. The first kappa shape index (κ1) is 19.7. The van der Waals surface area contributed by atoms with Gasteiger partial charge in [0.2, 0.25) is 5.91 Å². The van der Waals surface area contributed by atoms with Crippen LogP contribution in [0, 0.1) is 5.92 Å². The first-order valence-corrected chi connectivity index (χ1v) is 9.28. The Morgan fingerprint density at radius 1 is 1.18 bits per heavy atom. The van der Waals surface area contributed by atoms with Crippen LogP contribution in [0.4, 0.5) is 17.2 Å². The summed E-state index contributed by atoms with van der Waals surface area (Å²) in [6.07, 6.45) is 4.95. The summed E-state index contributed by atoms with van der Waals surface area (Å²) in [6.45, 7) is 1.58. The Morgan fingerprint density at radius 3 is 2.54 bits per heavy atom. The molecule has 0 unspecified atom stereocenters. The van der Waals surface area contributed by atoms with Gasteiger partial charge in [-0.15, -0.1) is 0 Å². The van der Waals surface area contributed by atoms with Crippen LogP contribution in [0.1, 0.15) is 12.8 Å². The predicted molar refractivity (Wildman–Crippen MR) is 109 cm³/mol. The number of carbonyl (C=O) groups is 1. The van der Waals surface area contributed by atoms with Crippen molar-refractivity contribution in [1.29, 1.82) is 0 Å². The number of rotatable bonds is 6. The summed E-state index contributed by atoms with van der Waals surface area (Å²) in [7, 11) is 7.10. The van der Waals surface area contributed by atoms with Gasteiger partial charge >= 0.3 is 0 Å². The van der Waals surface area contributed by atoms with Gasteiger partial charge in [-0.25, -0.2) is 9.97 Å². The van der Waals surface area contributed by atoms with Crippen LogP contribution in [-0.4, -0.2) is 57.3 Å². The summed E-state index contributed by atoms with van der Waals surface area (Å²) < 4.78 is 10.5. The Labute approximate surface area is 165 Å². The standard InChI is InChI=1S/C20H27N5O3/c1-24(2)19-16(12-21-13-22-19)25-9-7-14(8-10-25)20(26)23-15-5-6-17(27-3)18(11-15)28-4/h5-6,11-14H,7-10H2,1-4H3,(H,23,26). The third-order valence-corrected chi connectivity index (χ3v) is 4.95. The maximum absolute atomic E-state index is 12.7. The summed E-state index contributed by atoms with van der Waals surface area (Å²) in [5.74, 6) is 2.12. The number of piperidine rings is 1. The van der Waals surface area contributed by atoms with Crippen LogP contribution in [0.5, 0.6) is 11.5 Å². The minimum atomic E-state index is -0.0308. The number of ether oxygens (including phenoxy) is 2. The SMILES string of the molecule is COc1ccc(NC(=O)C2CCN(c3cncnc3N(C)C)CC2)cc1OC. The predicted octanol–water partition coefficient (Wildman–Crippen LogP) is 2.41. The molecular formula is C20H27N5O3. The number of nitrogens with one attached hydrogen (secondary N) is 1. The first-order chi connectivity index (χ1) is 13.5. The smallest absolute Gasteiger partial charge is 0.227 e. The number of aromatic nitrogens is 2. The van der Waals surface area contributed by atoms with Crippen LogP contribution in [-0.2, 0) is 4.79 Å². The zero-order valence-corrected chi connectivity index (χ0v) is 16.8. The second kappa shape index (κ2) is 8.77. The first-order valence-electron chi connectivity index (χ1n) is 9.28. The average molecular weight is 385 g/mol. The van der Waals surface area contributed by atoms with Crippen molar-refractivity contribution in [2.45, 2.75) is 12.8 Å². The molecule has 8 heteroatoms. The van der Waals surface area contributed by atoms with Crippen LogP contribution >= 0.6 is 0 Å². The summed E-state index contributed by atoms with van der Waals surface area (Å²) in [5.41, 5.74) is 1.71. The minimum absolute atomic E-state index is 0.0308. The molecule has 0 bridgehead atoms. The third-order valence-electron chi connectivity index (χ3n) is 4.95. The molecule has 1 N–H and O–H groups in total. The topological polar surface area (TPSA) is 79.8 Å². The second-order valence-corrected chi connectivity index (χ2v) is 6.95. The third kappa shape index (κ3) is 4.27. The van der Waals surface area contributed by atoms with E-state index in [1.807, 2.05) is 31.3 Å². The monoisotopic (exact) mass is 385 g/mol. The fourth-order valence-corrected chi connectivity index (χ4v) is 3.42. The van der Waals surface area contributed by atoms with E-state index in [1.165, 1.54) is 0 Å². The largest absolute Gasteiger partial charge is 0.493 e. The zero-order valence-electron chi connectivity index (χ0n) is 16.8. The van der Waals surface area contributed by atoms with Gasteiger partial charge in [-0.2, -0.15) is 0 Å². The lowest BCUT2D eigenvalue weighted by atomic mass is 9.95. The Bertz CT molecular complexity index is 819. The fraction of sp³-hybridized carbons (Fsp3) is 0.450. The van der Waals surface area contributed by atoms with Crippen LogP contribution in [0.3, 0.4) is 0 Å². The van der Waals surface area contributed by atoms with Crippen molar-refractivity contribution in [3.05, 3.63) is 30.7 Å². The molecule has 3 rings (SSSR count). The van der Waals surface area contributed by atoms with E-state index < -0.39 is 0 Å².